The number of halogens is 1. The van der Waals surface area contributed by atoms with Crippen LogP contribution in [0.1, 0.15) is 5.56 Å². The third-order valence-electron chi connectivity index (χ3n) is 1.52. The molecule has 0 spiro atoms. The number of hydrogen-bond donors (Lipinski definition) is 0. The second-order valence-corrected chi connectivity index (χ2v) is 3.23. The van der Waals surface area contributed by atoms with Gasteiger partial charge < -0.3 is 4.74 Å². The monoisotopic (exact) mass is 228 g/mol. The number of hydrogen-bond acceptors (Lipinski definition) is 2. The number of methoxy groups -OCH3 is 1. The van der Waals surface area contributed by atoms with E-state index in [-0.39, 0.29) is 4.69 Å². The summed E-state index contributed by atoms with van der Waals surface area (Å²) < 4.78 is 5.04. The minimum atomic E-state index is -0.0352. The number of rotatable bonds is 3. The minimum absolute atomic E-state index is 0.0352. The van der Waals surface area contributed by atoms with E-state index in [1.54, 1.807) is 7.11 Å². The predicted octanol–water partition coefficient (Wildman–Crippen LogP) is 2.16. The van der Waals surface area contributed by atoms with E-state index in [0.29, 0.717) is 6.42 Å². The summed E-state index contributed by atoms with van der Waals surface area (Å²) in [7, 11) is 1.59. The van der Waals surface area contributed by atoms with Crippen molar-refractivity contribution in [1.29, 1.82) is 0 Å². The fourth-order valence-electron chi connectivity index (χ4n) is 0.999. The first kappa shape index (κ1) is 9.26. The molecule has 0 aliphatic rings. The van der Waals surface area contributed by atoms with Crippen LogP contribution >= 0.6 is 15.9 Å². The van der Waals surface area contributed by atoms with Gasteiger partial charge in [-0.2, -0.15) is 0 Å². The van der Waals surface area contributed by atoms with Gasteiger partial charge in [-0.15, -0.1) is 0 Å². The Bertz CT molecular complexity index is 284. The summed E-state index contributed by atoms with van der Waals surface area (Å²) in [5.74, 6) is 0.755. The first-order valence-electron chi connectivity index (χ1n) is 3.54. The second kappa shape index (κ2) is 4.26. The molecule has 1 aromatic rings. The van der Waals surface area contributed by atoms with E-state index in [9.17, 15) is 4.79 Å². The number of benzene rings is 1. The number of carbonyl (C=O) groups excluding carboxylic acids is 1. The van der Waals surface area contributed by atoms with Crippen LogP contribution in [0.25, 0.3) is 0 Å². The predicted molar refractivity (Wildman–Crippen MR) is 50.6 cm³/mol. The molecule has 0 N–H and O–H groups in total. The molecule has 0 saturated carbocycles. The molecule has 0 bridgehead atoms. The molecule has 12 heavy (non-hydrogen) atoms. The molecule has 2 nitrogen and oxygen atoms in total. The summed E-state index contributed by atoms with van der Waals surface area (Å²) >= 11 is 2.88. The normalized spacial score (nSPS) is 9.50. The van der Waals surface area contributed by atoms with E-state index in [0.717, 1.165) is 11.3 Å². The largest absolute Gasteiger partial charge is 0.496 e. The van der Waals surface area contributed by atoms with Gasteiger partial charge in [-0.1, -0.05) is 18.2 Å². The Labute approximate surface area is 79.7 Å². The van der Waals surface area contributed by atoms with Gasteiger partial charge in [-0.05, 0) is 22.0 Å². The van der Waals surface area contributed by atoms with Crippen LogP contribution in [0.2, 0.25) is 0 Å². The van der Waals surface area contributed by atoms with Crippen LogP contribution in [-0.2, 0) is 11.2 Å². The lowest BCUT2D eigenvalue weighted by Crippen LogP contribution is -1.96. The van der Waals surface area contributed by atoms with Crippen LogP contribution in [0.15, 0.2) is 24.3 Å². The topological polar surface area (TPSA) is 26.3 Å². The van der Waals surface area contributed by atoms with Crippen molar-refractivity contribution in [1.82, 2.24) is 0 Å². The zero-order chi connectivity index (χ0) is 8.97. The van der Waals surface area contributed by atoms with Gasteiger partial charge in [0.2, 0.25) is 4.69 Å². The smallest absolute Gasteiger partial charge is 0.202 e. The number of para-hydroxylation sites is 1. The Kier molecular flexibility index (Phi) is 3.29. The molecule has 0 saturated heterocycles. The molecule has 0 amide bonds. The van der Waals surface area contributed by atoms with E-state index in [1.807, 2.05) is 24.3 Å². The standard InChI is InChI=1S/C9H9BrO2/c1-12-8-5-3-2-4-7(8)6-9(10)11/h2-5H,6H2,1H3. The van der Waals surface area contributed by atoms with Crippen LogP contribution < -0.4 is 4.74 Å². The van der Waals surface area contributed by atoms with Crippen molar-refractivity contribution < 1.29 is 9.53 Å². The first-order chi connectivity index (χ1) is 5.74. The Balaban J connectivity index is 2.89. The summed E-state index contributed by atoms with van der Waals surface area (Å²) in [6.45, 7) is 0. The zero-order valence-corrected chi connectivity index (χ0v) is 8.30. The lowest BCUT2D eigenvalue weighted by molar-refractivity contribution is -0.109. The Hall–Kier alpha value is -0.830. The van der Waals surface area contributed by atoms with Crippen molar-refractivity contribution in [3.8, 4) is 5.75 Å². The Morgan fingerprint density at radius 2 is 2.17 bits per heavy atom. The molecule has 0 unspecified atom stereocenters. The maximum atomic E-state index is 10.7. The van der Waals surface area contributed by atoms with E-state index in [1.165, 1.54) is 0 Å². The summed E-state index contributed by atoms with van der Waals surface area (Å²) in [6, 6.07) is 7.47. The highest BCUT2D eigenvalue weighted by atomic mass is 79.9. The quantitative estimate of drug-likeness (QED) is 0.742. The van der Waals surface area contributed by atoms with Crippen LogP contribution in [0, 0.1) is 0 Å². The maximum absolute atomic E-state index is 10.7. The zero-order valence-electron chi connectivity index (χ0n) is 6.71. The summed E-state index contributed by atoms with van der Waals surface area (Å²) in [5, 5.41) is 0. The van der Waals surface area contributed by atoms with Crippen molar-refractivity contribution >= 4 is 20.6 Å². The van der Waals surface area contributed by atoms with Crippen molar-refractivity contribution in [2.24, 2.45) is 0 Å². The third-order valence-corrected chi connectivity index (χ3v) is 1.80. The molecule has 64 valence electrons. The molecule has 0 heterocycles. The fraction of sp³-hybridized carbons (Fsp3) is 0.222. The average molecular weight is 229 g/mol. The maximum Gasteiger partial charge on any atom is 0.202 e. The lowest BCUT2D eigenvalue weighted by Gasteiger charge is -2.04. The van der Waals surface area contributed by atoms with Crippen molar-refractivity contribution in [3.63, 3.8) is 0 Å². The molecule has 0 aromatic heterocycles. The molecule has 0 aliphatic heterocycles. The first-order valence-corrected chi connectivity index (χ1v) is 4.33. The Morgan fingerprint density at radius 1 is 1.50 bits per heavy atom. The molecule has 1 rings (SSSR count). The molecule has 0 fully saturated rings. The molecule has 0 atom stereocenters. The van der Waals surface area contributed by atoms with Crippen LogP contribution in [-0.4, -0.2) is 11.8 Å². The van der Waals surface area contributed by atoms with Gasteiger partial charge >= 0.3 is 0 Å². The number of carbonyl (C=O) groups is 1. The summed E-state index contributed by atoms with van der Waals surface area (Å²) in [4.78, 5) is 10.7. The highest BCUT2D eigenvalue weighted by Gasteiger charge is 2.04. The molecular weight excluding hydrogens is 220 g/mol. The second-order valence-electron chi connectivity index (χ2n) is 2.34. The van der Waals surface area contributed by atoms with Gasteiger partial charge in [0.25, 0.3) is 0 Å². The molecule has 3 heteroatoms. The minimum Gasteiger partial charge on any atom is -0.496 e. The summed E-state index contributed by atoms with van der Waals surface area (Å²) in [6.07, 6.45) is 0.365. The van der Waals surface area contributed by atoms with Gasteiger partial charge in [0.05, 0.1) is 7.11 Å². The SMILES string of the molecule is COc1ccccc1CC(=O)Br. The molecule has 1 aromatic carbocycles. The van der Waals surface area contributed by atoms with Crippen molar-refractivity contribution in [2.45, 2.75) is 6.42 Å². The van der Waals surface area contributed by atoms with Crippen molar-refractivity contribution in [3.05, 3.63) is 29.8 Å². The van der Waals surface area contributed by atoms with E-state index in [2.05, 4.69) is 15.9 Å². The highest BCUT2D eigenvalue weighted by Crippen LogP contribution is 2.18. The van der Waals surface area contributed by atoms with E-state index < -0.39 is 0 Å². The van der Waals surface area contributed by atoms with Gasteiger partial charge in [0.1, 0.15) is 5.75 Å². The fourth-order valence-corrected chi connectivity index (χ4v) is 1.30. The lowest BCUT2D eigenvalue weighted by atomic mass is 10.1. The van der Waals surface area contributed by atoms with Crippen LogP contribution in [0.3, 0.4) is 0 Å². The molecule has 0 aliphatic carbocycles. The van der Waals surface area contributed by atoms with Crippen molar-refractivity contribution in [2.75, 3.05) is 7.11 Å². The van der Waals surface area contributed by atoms with Gasteiger partial charge in [0.15, 0.2) is 0 Å². The van der Waals surface area contributed by atoms with Gasteiger partial charge in [-0.25, -0.2) is 0 Å². The van der Waals surface area contributed by atoms with E-state index >= 15 is 0 Å². The van der Waals surface area contributed by atoms with Crippen LogP contribution in [0.4, 0.5) is 0 Å². The third kappa shape index (κ3) is 2.34. The number of ether oxygens (including phenoxy) is 1. The highest BCUT2D eigenvalue weighted by molar-refractivity contribution is 9.18. The molecular formula is C9H9BrO2. The Morgan fingerprint density at radius 3 is 2.75 bits per heavy atom. The summed E-state index contributed by atoms with van der Waals surface area (Å²) in [5.41, 5.74) is 0.905. The van der Waals surface area contributed by atoms with Gasteiger partial charge in [-0.3, -0.25) is 4.79 Å². The van der Waals surface area contributed by atoms with Crippen LogP contribution in [0.5, 0.6) is 5.75 Å². The average Bonchev–Trinajstić information content (AvgIpc) is 2.04. The van der Waals surface area contributed by atoms with E-state index in [4.69, 9.17) is 4.74 Å². The van der Waals surface area contributed by atoms with Gasteiger partial charge in [0, 0.05) is 12.0 Å². The molecule has 0 radical (unpaired) electrons.